The number of hydrogen-bond donors (Lipinski definition) is 1. The molecule has 0 saturated heterocycles. The Morgan fingerprint density at radius 2 is 1.85 bits per heavy atom. The van der Waals surface area contributed by atoms with Crippen molar-refractivity contribution < 1.29 is 4.79 Å². The molecular formula is C18H16Cl2N4O3. The van der Waals surface area contributed by atoms with E-state index in [4.69, 9.17) is 23.2 Å². The molecule has 2 heterocycles. The van der Waals surface area contributed by atoms with Gasteiger partial charge in [0, 0.05) is 20.6 Å². The van der Waals surface area contributed by atoms with Crippen LogP contribution in [0.5, 0.6) is 0 Å². The van der Waals surface area contributed by atoms with Crippen LogP contribution in [0.4, 0.5) is 0 Å². The van der Waals surface area contributed by atoms with E-state index in [1.807, 2.05) is 6.07 Å². The van der Waals surface area contributed by atoms with E-state index in [0.717, 1.165) is 10.1 Å². The minimum atomic E-state index is -0.506. The van der Waals surface area contributed by atoms with E-state index in [9.17, 15) is 14.4 Å². The third-order valence-corrected chi connectivity index (χ3v) is 5.10. The number of halogens is 2. The van der Waals surface area contributed by atoms with Crippen LogP contribution in [-0.2, 0) is 20.5 Å². The molecule has 0 saturated carbocycles. The molecule has 0 fully saturated rings. The SMILES string of the molecule is Cn1c(=O)c2ccc(C(=O)NCCc3cccc(Cl)c3Cl)nc2n(C)c1=O. The molecule has 140 valence electrons. The number of carbonyl (C=O) groups excluding carboxylic acids is 1. The van der Waals surface area contributed by atoms with Crippen molar-refractivity contribution in [3.8, 4) is 0 Å². The zero-order valence-corrected chi connectivity index (χ0v) is 16.1. The number of aromatic nitrogens is 3. The lowest BCUT2D eigenvalue weighted by atomic mass is 10.1. The monoisotopic (exact) mass is 406 g/mol. The van der Waals surface area contributed by atoms with E-state index in [-0.39, 0.29) is 16.7 Å². The van der Waals surface area contributed by atoms with Gasteiger partial charge in [-0.3, -0.25) is 18.7 Å². The first-order valence-corrected chi connectivity index (χ1v) is 8.84. The molecule has 0 atom stereocenters. The smallest absolute Gasteiger partial charge is 0.332 e. The second-order valence-corrected chi connectivity index (χ2v) is 6.78. The van der Waals surface area contributed by atoms with Gasteiger partial charge in [0.25, 0.3) is 11.5 Å². The van der Waals surface area contributed by atoms with Crippen molar-refractivity contribution in [3.05, 3.63) is 72.5 Å². The molecule has 0 radical (unpaired) electrons. The zero-order valence-electron chi connectivity index (χ0n) is 14.6. The fraction of sp³-hybridized carbons (Fsp3) is 0.222. The molecular weight excluding hydrogens is 391 g/mol. The average Bonchev–Trinajstić information content (AvgIpc) is 2.67. The van der Waals surface area contributed by atoms with Crippen molar-refractivity contribution in [2.24, 2.45) is 14.1 Å². The molecule has 0 aliphatic rings. The Kier molecular flexibility index (Phi) is 5.34. The first-order chi connectivity index (χ1) is 12.8. The Morgan fingerprint density at radius 1 is 1.11 bits per heavy atom. The number of amides is 1. The fourth-order valence-corrected chi connectivity index (χ4v) is 3.14. The van der Waals surface area contributed by atoms with E-state index in [1.165, 1.54) is 30.8 Å². The van der Waals surface area contributed by atoms with Gasteiger partial charge in [-0.1, -0.05) is 35.3 Å². The van der Waals surface area contributed by atoms with Crippen LogP contribution < -0.4 is 16.6 Å². The lowest BCUT2D eigenvalue weighted by Crippen LogP contribution is -2.37. The van der Waals surface area contributed by atoms with E-state index in [0.29, 0.717) is 23.0 Å². The average molecular weight is 407 g/mol. The highest BCUT2D eigenvalue weighted by molar-refractivity contribution is 6.42. The predicted octanol–water partition coefficient (Wildman–Crippen LogP) is 1.91. The fourth-order valence-electron chi connectivity index (χ4n) is 2.72. The summed E-state index contributed by atoms with van der Waals surface area (Å²) in [5, 5.41) is 3.93. The van der Waals surface area contributed by atoms with Crippen LogP contribution >= 0.6 is 23.2 Å². The van der Waals surface area contributed by atoms with Gasteiger partial charge in [-0.15, -0.1) is 0 Å². The molecule has 1 amide bonds. The van der Waals surface area contributed by atoms with Gasteiger partial charge in [-0.05, 0) is 30.2 Å². The van der Waals surface area contributed by atoms with Crippen molar-refractivity contribution in [2.45, 2.75) is 6.42 Å². The number of aryl methyl sites for hydroxylation is 1. The van der Waals surface area contributed by atoms with Crippen LogP contribution in [0.25, 0.3) is 11.0 Å². The molecule has 0 aliphatic carbocycles. The minimum absolute atomic E-state index is 0.114. The Bertz CT molecular complexity index is 1170. The summed E-state index contributed by atoms with van der Waals surface area (Å²) in [5.41, 5.74) is 0.134. The first-order valence-electron chi connectivity index (χ1n) is 8.09. The van der Waals surface area contributed by atoms with Gasteiger partial charge in [0.2, 0.25) is 0 Å². The molecule has 1 aromatic carbocycles. The number of carbonyl (C=O) groups is 1. The Labute approximate surface area is 164 Å². The van der Waals surface area contributed by atoms with Crippen molar-refractivity contribution >= 4 is 40.1 Å². The molecule has 7 nitrogen and oxygen atoms in total. The number of fused-ring (bicyclic) bond motifs is 1. The lowest BCUT2D eigenvalue weighted by molar-refractivity contribution is 0.0949. The summed E-state index contributed by atoms with van der Waals surface area (Å²) in [6, 6.07) is 8.26. The van der Waals surface area contributed by atoms with E-state index < -0.39 is 17.2 Å². The third-order valence-electron chi connectivity index (χ3n) is 4.25. The number of nitrogens with zero attached hydrogens (tertiary/aromatic N) is 3. The maximum absolute atomic E-state index is 12.4. The molecule has 0 spiro atoms. The summed E-state index contributed by atoms with van der Waals surface area (Å²) in [6.45, 7) is 0.327. The summed E-state index contributed by atoms with van der Waals surface area (Å²) >= 11 is 12.1. The number of benzene rings is 1. The van der Waals surface area contributed by atoms with E-state index >= 15 is 0 Å². The number of nitrogens with one attached hydrogen (secondary N) is 1. The topological polar surface area (TPSA) is 86.0 Å². The summed E-state index contributed by atoms with van der Waals surface area (Å²) in [6.07, 6.45) is 0.498. The Hall–Kier alpha value is -2.64. The van der Waals surface area contributed by atoms with Gasteiger partial charge in [0.15, 0.2) is 0 Å². The van der Waals surface area contributed by atoms with Crippen molar-refractivity contribution in [3.63, 3.8) is 0 Å². The number of pyridine rings is 1. The van der Waals surface area contributed by atoms with Gasteiger partial charge in [-0.25, -0.2) is 9.78 Å². The second kappa shape index (κ2) is 7.54. The van der Waals surface area contributed by atoms with Crippen LogP contribution in [0.15, 0.2) is 39.9 Å². The highest BCUT2D eigenvalue weighted by Gasteiger charge is 2.14. The Balaban J connectivity index is 1.81. The zero-order chi connectivity index (χ0) is 19.7. The molecule has 0 aliphatic heterocycles. The van der Waals surface area contributed by atoms with Crippen LogP contribution in [0, 0.1) is 0 Å². The number of hydrogen-bond acceptors (Lipinski definition) is 4. The number of rotatable bonds is 4. The molecule has 3 rings (SSSR count). The van der Waals surface area contributed by atoms with Crippen LogP contribution in [-0.4, -0.2) is 26.6 Å². The highest BCUT2D eigenvalue weighted by atomic mass is 35.5. The Morgan fingerprint density at radius 3 is 2.59 bits per heavy atom. The van der Waals surface area contributed by atoms with Crippen molar-refractivity contribution in [1.82, 2.24) is 19.4 Å². The van der Waals surface area contributed by atoms with Crippen molar-refractivity contribution in [1.29, 1.82) is 0 Å². The summed E-state index contributed by atoms with van der Waals surface area (Å²) < 4.78 is 2.23. The normalized spacial score (nSPS) is 11.0. The summed E-state index contributed by atoms with van der Waals surface area (Å²) in [5.74, 6) is -0.414. The molecule has 27 heavy (non-hydrogen) atoms. The van der Waals surface area contributed by atoms with Crippen LogP contribution in [0.1, 0.15) is 16.1 Å². The maximum Gasteiger partial charge on any atom is 0.332 e. The van der Waals surface area contributed by atoms with Gasteiger partial charge in [-0.2, -0.15) is 0 Å². The second-order valence-electron chi connectivity index (χ2n) is 5.99. The molecule has 9 heteroatoms. The van der Waals surface area contributed by atoms with Crippen LogP contribution in [0.2, 0.25) is 10.0 Å². The van der Waals surface area contributed by atoms with Crippen LogP contribution in [0.3, 0.4) is 0 Å². The molecule has 0 bridgehead atoms. The lowest BCUT2D eigenvalue weighted by Gasteiger charge is -2.09. The molecule has 0 unspecified atom stereocenters. The van der Waals surface area contributed by atoms with Gasteiger partial charge >= 0.3 is 5.69 Å². The maximum atomic E-state index is 12.4. The standard InChI is InChI=1S/C18H16Cl2N4O3/c1-23-15-11(17(26)24(2)18(23)27)6-7-13(22-15)16(25)21-9-8-10-4-3-5-12(19)14(10)20/h3-7H,8-9H2,1-2H3,(H,21,25). The molecule has 2 aromatic heterocycles. The van der Waals surface area contributed by atoms with E-state index in [1.54, 1.807) is 12.1 Å². The molecule has 1 N–H and O–H groups in total. The molecule has 3 aromatic rings. The van der Waals surface area contributed by atoms with Crippen molar-refractivity contribution in [2.75, 3.05) is 6.54 Å². The quantitative estimate of drug-likeness (QED) is 0.716. The van der Waals surface area contributed by atoms with E-state index in [2.05, 4.69) is 10.3 Å². The minimum Gasteiger partial charge on any atom is -0.350 e. The highest BCUT2D eigenvalue weighted by Crippen LogP contribution is 2.25. The third kappa shape index (κ3) is 3.61. The summed E-state index contributed by atoms with van der Waals surface area (Å²) in [7, 11) is 2.89. The van der Waals surface area contributed by atoms with Gasteiger partial charge in [0.05, 0.1) is 15.4 Å². The summed E-state index contributed by atoms with van der Waals surface area (Å²) in [4.78, 5) is 40.8. The van der Waals surface area contributed by atoms with Gasteiger partial charge in [0.1, 0.15) is 11.3 Å². The van der Waals surface area contributed by atoms with Gasteiger partial charge < -0.3 is 5.32 Å². The largest absolute Gasteiger partial charge is 0.350 e. The first kappa shape index (κ1) is 19.1. The predicted molar refractivity (Wildman–Crippen MR) is 105 cm³/mol.